The first-order valence-corrected chi connectivity index (χ1v) is 7.15. The average Bonchev–Trinajstić information content (AvgIpc) is 2.40. The normalized spacial score (nSPS) is 16.6. The van der Waals surface area contributed by atoms with Crippen molar-refractivity contribution in [2.24, 2.45) is 5.92 Å². The van der Waals surface area contributed by atoms with Gasteiger partial charge in [0.25, 0.3) is 0 Å². The Labute approximate surface area is 111 Å². The first kappa shape index (κ1) is 13.1. The molecule has 0 radical (unpaired) electrons. The second-order valence-electron chi connectivity index (χ2n) is 5.30. The molecule has 0 amide bonds. The predicted molar refractivity (Wildman–Crippen MR) is 78.5 cm³/mol. The van der Waals surface area contributed by atoms with Gasteiger partial charge in [0.05, 0.1) is 0 Å². The van der Waals surface area contributed by atoms with Gasteiger partial charge in [-0.1, -0.05) is 31.4 Å². The monoisotopic (exact) mass is 244 g/mol. The Morgan fingerprint density at radius 1 is 1.28 bits per heavy atom. The fraction of sp³-hybridized carbons (Fsp3) is 0.562. The zero-order chi connectivity index (χ0) is 13.0. The molecule has 1 aliphatic rings. The lowest BCUT2D eigenvalue weighted by molar-refractivity contribution is 0.434. The quantitative estimate of drug-likeness (QED) is 0.620. The zero-order valence-electron chi connectivity index (χ0n) is 11.6. The van der Waals surface area contributed by atoms with Crippen LogP contribution in [0.2, 0.25) is 0 Å². The van der Waals surface area contributed by atoms with Crippen LogP contribution >= 0.6 is 0 Å². The average molecular weight is 244 g/mol. The minimum Gasteiger partial charge on any atom is -0.330 e. The fourth-order valence-corrected chi connectivity index (χ4v) is 2.88. The molecule has 0 aliphatic heterocycles. The van der Waals surface area contributed by atoms with Gasteiger partial charge < -0.3 is 4.90 Å². The molecule has 0 spiro atoms. The van der Waals surface area contributed by atoms with Crippen molar-refractivity contribution in [3.63, 3.8) is 0 Å². The standard InChI is InChI=1S/C16H24N2/c1-3-18(15-11-7-8-13(2)12-15)16(17)14-9-5-4-6-10-14/h7-8,11-12,14,17H,3-6,9-10H2,1-2H3. The Morgan fingerprint density at radius 3 is 2.61 bits per heavy atom. The topological polar surface area (TPSA) is 27.1 Å². The van der Waals surface area contributed by atoms with Crippen molar-refractivity contribution in [2.45, 2.75) is 46.0 Å². The van der Waals surface area contributed by atoms with E-state index in [4.69, 9.17) is 5.41 Å². The number of aryl methyl sites for hydroxylation is 1. The molecule has 1 N–H and O–H groups in total. The van der Waals surface area contributed by atoms with Gasteiger partial charge in [-0.15, -0.1) is 0 Å². The van der Waals surface area contributed by atoms with Crippen LogP contribution in [0.5, 0.6) is 0 Å². The van der Waals surface area contributed by atoms with E-state index in [1.165, 1.54) is 43.4 Å². The van der Waals surface area contributed by atoms with Gasteiger partial charge in [0.2, 0.25) is 0 Å². The lowest BCUT2D eigenvalue weighted by Crippen LogP contribution is -2.36. The van der Waals surface area contributed by atoms with Crippen LogP contribution in [0.15, 0.2) is 24.3 Å². The van der Waals surface area contributed by atoms with Crippen LogP contribution in [0.3, 0.4) is 0 Å². The number of nitrogens with zero attached hydrogens (tertiary/aromatic N) is 1. The van der Waals surface area contributed by atoms with Crippen LogP contribution in [-0.2, 0) is 0 Å². The van der Waals surface area contributed by atoms with Gasteiger partial charge in [-0.05, 0) is 44.4 Å². The summed E-state index contributed by atoms with van der Waals surface area (Å²) >= 11 is 0. The van der Waals surface area contributed by atoms with Crippen molar-refractivity contribution in [3.05, 3.63) is 29.8 Å². The molecule has 1 saturated carbocycles. The first-order valence-electron chi connectivity index (χ1n) is 7.15. The maximum Gasteiger partial charge on any atom is 0.103 e. The highest BCUT2D eigenvalue weighted by molar-refractivity contribution is 5.97. The van der Waals surface area contributed by atoms with E-state index in [9.17, 15) is 0 Å². The second-order valence-corrected chi connectivity index (χ2v) is 5.30. The van der Waals surface area contributed by atoms with Crippen molar-refractivity contribution in [2.75, 3.05) is 11.4 Å². The SMILES string of the molecule is CCN(C(=N)C1CCCCC1)c1cccc(C)c1. The summed E-state index contributed by atoms with van der Waals surface area (Å²) in [6.07, 6.45) is 6.32. The Morgan fingerprint density at radius 2 is 2.00 bits per heavy atom. The highest BCUT2D eigenvalue weighted by Gasteiger charge is 2.22. The van der Waals surface area contributed by atoms with Crippen molar-refractivity contribution < 1.29 is 0 Å². The summed E-state index contributed by atoms with van der Waals surface area (Å²) in [5, 5.41) is 8.47. The second kappa shape index (κ2) is 6.03. The Hall–Kier alpha value is -1.31. The number of nitrogens with one attached hydrogen (secondary N) is 1. The van der Waals surface area contributed by atoms with Crippen LogP contribution in [0.4, 0.5) is 5.69 Å². The molecule has 2 nitrogen and oxygen atoms in total. The summed E-state index contributed by atoms with van der Waals surface area (Å²) in [4.78, 5) is 2.17. The molecular formula is C16H24N2. The van der Waals surface area contributed by atoms with Crippen LogP contribution in [0.1, 0.15) is 44.6 Å². The van der Waals surface area contributed by atoms with Crippen molar-refractivity contribution in [1.82, 2.24) is 0 Å². The Bertz CT molecular complexity index is 405. The van der Waals surface area contributed by atoms with E-state index < -0.39 is 0 Å². The molecule has 0 saturated heterocycles. The van der Waals surface area contributed by atoms with Gasteiger partial charge in [-0.25, -0.2) is 0 Å². The van der Waals surface area contributed by atoms with Gasteiger partial charge in [-0.2, -0.15) is 0 Å². The summed E-state index contributed by atoms with van der Waals surface area (Å²) < 4.78 is 0. The Balaban J connectivity index is 2.14. The fourth-order valence-electron chi connectivity index (χ4n) is 2.88. The van der Waals surface area contributed by atoms with E-state index in [0.717, 1.165) is 12.4 Å². The molecule has 1 aromatic rings. The van der Waals surface area contributed by atoms with Gasteiger partial charge in [0, 0.05) is 18.2 Å². The Kier molecular flexibility index (Phi) is 4.40. The van der Waals surface area contributed by atoms with E-state index in [0.29, 0.717) is 5.92 Å². The van der Waals surface area contributed by atoms with E-state index in [1.807, 2.05) is 0 Å². The minimum atomic E-state index is 0.471. The smallest absolute Gasteiger partial charge is 0.103 e. The van der Waals surface area contributed by atoms with E-state index in [-0.39, 0.29) is 0 Å². The summed E-state index contributed by atoms with van der Waals surface area (Å²) in [7, 11) is 0. The molecular weight excluding hydrogens is 220 g/mol. The van der Waals surface area contributed by atoms with Crippen molar-refractivity contribution in [1.29, 1.82) is 5.41 Å². The summed E-state index contributed by atoms with van der Waals surface area (Å²) in [6.45, 7) is 5.14. The first-order chi connectivity index (χ1) is 8.72. The molecule has 0 atom stereocenters. The lowest BCUT2D eigenvalue weighted by atomic mass is 9.88. The number of hydrogen-bond acceptors (Lipinski definition) is 1. The third-order valence-electron chi connectivity index (χ3n) is 3.91. The maximum atomic E-state index is 8.47. The molecule has 0 unspecified atom stereocenters. The number of rotatable bonds is 3. The van der Waals surface area contributed by atoms with Gasteiger partial charge in [-0.3, -0.25) is 5.41 Å². The molecule has 0 bridgehead atoms. The molecule has 0 heterocycles. The van der Waals surface area contributed by atoms with E-state index in [1.54, 1.807) is 0 Å². The third kappa shape index (κ3) is 2.92. The molecule has 0 aromatic heterocycles. The van der Waals surface area contributed by atoms with Crippen LogP contribution in [-0.4, -0.2) is 12.4 Å². The zero-order valence-corrected chi connectivity index (χ0v) is 11.6. The lowest BCUT2D eigenvalue weighted by Gasteiger charge is -2.31. The molecule has 1 aliphatic carbocycles. The highest BCUT2D eigenvalue weighted by Crippen LogP contribution is 2.28. The molecule has 1 fully saturated rings. The minimum absolute atomic E-state index is 0.471. The number of amidine groups is 1. The van der Waals surface area contributed by atoms with Crippen LogP contribution in [0.25, 0.3) is 0 Å². The maximum absolute atomic E-state index is 8.47. The number of anilines is 1. The number of hydrogen-bond donors (Lipinski definition) is 1. The molecule has 2 rings (SSSR count). The van der Waals surface area contributed by atoms with Crippen LogP contribution < -0.4 is 4.90 Å². The van der Waals surface area contributed by atoms with E-state index >= 15 is 0 Å². The third-order valence-corrected chi connectivity index (χ3v) is 3.91. The molecule has 18 heavy (non-hydrogen) atoms. The largest absolute Gasteiger partial charge is 0.330 e. The van der Waals surface area contributed by atoms with Crippen molar-refractivity contribution in [3.8, 4) is 0 Å². The molecule has 1 aromatic carbocycles. The summed E-state index contributed by atoms with van der Waals surface area (Å²) in [5.74, 6) is 1.29. The molecule has 98 valence electrons. The highest BCUT2D eigenvalue weighted by atomic mass is 15.2. The summed E-state index contributed by atoms with van der Waals surface area (Å²) in [5.41, 5.74) is 2.44. The summed E-state index contributed by atoms with van der Waals surface area (Å²) in [6, 6.07) is 8.50. The number of benzene rings is 1. The predicted octanol–water partition coefficient (Wildman–Crippen LogP) is 4.38. The van der Waals surface area contributed by atoms with Gasteiger partial charge in [0.1, 0.15) is 5.84 Å². The van der Waals surface area contributed by atoms with Gasteiger partial charge >= 0.3 is 0 Å². The van der Waals surface area contributed by atoms with Crippen molar-refractivity contribution >= 4 is 11.5 Å². The van der Waals surface area contributed by atoms with E-state index in [2.05, 4.69) is 43.0 Å². The van der Waals surface area contributed by atoms with Crippen LogP contribution in [0, 0.1) is 18.3 Å². The molecule has 2 heteroatoms. The van der Waals surface area contributed by atoms with Gasteiger partial charge in [0.15, 0.2) is 0 Å².